The van der Waals surface area contributed by atoms with Crippen molar-refractivity contribution in [2.45, 2.75) is 0 Å². The zero-order valence-electron chi connectivity index (χ0n) is 14.3. The Labute approximate surface area is 152 Å². The first kappa shape index (κ1) is 16.1. The first-order chi connectivity index (χ1) is 12.1. The zero-order valence-corrected chi connectivity index (χ0v) is 15.0. The van der Waals surface area contributed by atoms with Gasteiger partial charge in [-0.2, -0.15) is 0 Å². The van der Waals surface area contributed by atoms with Crippen LogP contribution in [0.1, 0.15) is 11.1 Å². The van der Waals surface area contributed by atoms with Crippen LogP contribution in [0.5, 0.6) is 0 Å². The van der Waals surface area contributed by atoms with Crippen molar-refractivity contribution >= 4 is 23.0 Å². The van der Waals surface area contributed by atoms with Gasteiger partial charge >= 0.3 is 0 Å². The van der Waals surface area contributed by atoms with Gasteiger partial charge in [0.2, 0.25) is 0 Å². The van der Waals surface area contributed by atoms with E-state index in [0.717, 1.165) is 34.9 Å². The topological polar surface area (TPSA) is 34.1 Å². The molecule has 5 nitrogen and oxygen atoms in total. The van der Waals surface area contributed by atoms with E-state index < -0.39 is 0 Å². The van der Waals surface area contributed by atoms with Crippen molar-refractivity contribution in [3.05, 3.63) is 76.6 Å². The van der Waals surface area contributed by atoms with Crippen LogP contribution in [0.15, 0.2) is 65.4 Å². The van der Waals surface area contributed by atoms with E-state index in [-0.39, 0.29) is 0 Å². The zero-order chi connectivity index (χ0) is 17.4. The van der Waals surface area contributed by atoms with Crippen molar-refractivity contribution in [3.8, 4) is 0 Å². The van der Waals surface area contributed by atoms with Crippen molar-refractivity contribution in [2.24, 2.45) is 4.99 Å². The highest BCUT2D eigenvalue weighted by Crippen LogP contribution is 2.33. The highest BCUT2D eigenvalue weighted by atomic mass is 35.5. The predicted molar refractivity (Wildman–Crippen MR) is 102 cm³/mol. The van der Waals surface area contributed by atoms with Gasteiger partial charge < -0.3 is 0 Å². The first-order valence-corrected chi connectivity index (χ1v) is 8.58. The van der Waals surface area contributed by atoms with Gasteiger partial charge in [-0.1, -0.05) is 41.9 Å². The van der Waals surface area contributed by atoms with E-state index in [1.807, 2.05) is 50.5 Å². The third kappa shape index (κ3) is 3.14. The van der Waals surface area contributed by atoms with Crippen LogP contribution >= 0.6 is 11.6 Å². The van der Waals surface area contributed by atoms with Gasteiger partial charge in [-0.25, -0.2) is 0 Å². The normalized spacial score (nSPS) is 16.3. The van der Waals surface area contributed by atoms with Crippen LogP contribution in [-0.2, 0) is 0 Å². The molecule has 0 spiro atoms. The molecule has 6 heteroatoms. The van der Waals surface area contributed by atoms with E-state index in [9.17, 15) is 0 Å². The molecule has 2 heterocycles. The predicted octanol–water partition coefficient (Wildman–Crippen LogP) is 3.09. The SMILES string of the molecule is CN(C)CN1C=C2CN=C(c3ccccc3)c3cc(Cl)ccc3N2N1. The Morgan fingerprint density at radius 2 is 1.96 bits per heavy atom. The van der Waals surface area contributed by atoms with E-state index in [1.54, 1.807) is 0 Å². The summed E-state index contributed by atoms with van der Waals surface area (Å²) in [6.45, 7) is 1.38. The van der Waals surface area contributed by atoms with Crippen LogP contribution in [-0.4, -0.2) is 42.9 Å². The van der Waals surface area contributed by atoms with Gasteiger partial charge in [0.05, 0.1) is 30.3 Å². The van der Waals surface area contributed by atoms with Crippen molar-refractivity contribution in [1.82, 2.24) is 15.4 Å². The number of fused-ring (bicyclic) bond motifs is 3. The molecule has 2 aromatic carbocycles. The lowest BCUT2D eigenvalue weighted by atomic mass is 10.0. The van der Waals surface area contributed by atoms with Crippen molar-refractivity contribution in [3.63, 3.8) is 0 Å². The summed E-state index contributed by atoms with van der Waals surface area (Å²) in [5.74, 6) is 0. The summed E-state index contributed by atoms with van der Waals surface area (Å²) >= 11 is 6.30. The van der Waals surface area contributed by atoms with Crippen LogP contribution in [0.3, 0.4) is 0 Å². The summed E-state index contributed by atoms with van der Waals surface area (Å²) in [5, 5.41) is 4.85. The lowest BCUT2D eigenvalue weighted by Crippen LogP contribution is -2.44. The second-order valence-electron chi connectivity index (χ2n) is 6.44. The second kappa shape index (κ2) is 6.52. The first-order valence-electron chi connectivity index (χ1n) is 8.20. The Balaban J connectivity index is 1.80. The molecule has 128 valence electrons. The maximum atomic E-state index is 6.30. The largest absolute Gasteiger partial charge is 0.291 e. The Kier molecular flexibility index (Phi) is 4.21. The Morgan fingerprint density at radius 1 is 1.16 bits per heavy atom. The lowest BCUT2D eigenvalue weighted by molar-refractivity contribution is 0.189. The van der Waals surface area contributed by atoms with Crippen LogP contribution in [0, 0.1) is 0 Å². The molecule has 2 aromatic rings. The minimum atomic E-state index is 0.605. The molecule has 0 aromatic heterocycles. The van der Waals surface area contributed by atoms with Crippen molar-refractivity contribution < 1.29 is 0 Å². The fourth-order valence-electron chi connectivity index (χ4n) is 3.14. The molecule has 0 atom stereocenters. The Morgan fingerprint density at radius 3 is 2.72 bits per heavy atom. The molecule has 0 saturated heterocycles. The van der Waals surface area contributed by atoms with Gasteiger partial charge in [-0.05, 0) is 32.3 Å². The Hall–Kier alpha value is -2.34. The summed E-state index contributed by atoms with van der Waals surface area (Å²) in [7, 11) is 4.09. The van der Waals surface area contributed by atoms with Gasteiger partial charge in [0.1, 0.15) is 0 Å². The fraction of sp³-hybridized carbons (Fsp3) is 0.211. The van der Waals surface area contributed by atoms with Gasteiger partial charge in [0.15, 0.2) is 0 Å². The molecular weight excluding hydrogens is 334 g/mol. The Bertz CT molecular complexity index is 844. The molecule has 4 rings (SSSR count). The smallest absolute Gasteiger partial charge is 0.0870 e. The number of hydrogen-bond donors (Lipinski definition) is 1. The molecule has 2 aliphatic heterocycles. The van der Waals surface area contributed by atoms with Crippen molar-refractivity contribution in [1.29, 1.82) is 0 Å². The van der Waals surface area contributed by atoms with Gasteiger partial charge in [-0.15, -0.1) is 5.53 Å². The van der Waals surface area contributed by atoms with Crippen molar-refractivity contribution in [2.75, 3.05) is 32.3 Å². The monoisotopic (exact) mass is 353 g/mol. The molecular formula is C19H20ClN5. The number of nitrogens with one attached hydrogen (secondary N) is 1. The summed E-state index contributed by atoms with van der Waals surface area (Å²) in [6.07, 6.45) is 2.11. The number of benzene rings is 2. The lowest BCUT2D eigenvalue weighted by Gasteiger charge is -2.27. The number of halogens is 1. The van der Waals surface area contributed by atoms with Crippen LogP contribution in [0.2, 0.25) is 5.02 Å². The molecule has 1 N–H and O–H groups in total. The number of hydrogen-bond acceptors (Lipinski definition) is 5. The molecule has 0 unspecified atom stereocenters. The quantitative estimate of drug-likeness (QED) is 0.919. The molecule has 0 radical (unpaired) electrons. The van der Waals surface area contributed by atoms with Crippen LogP contribution in [0.4, 0.5) is 5.69 Å². The maximum absolute atomic E-state index is 6.30. The molecule has 0 saturated carbocycles. The van der Waals surface area contributed by atoms with E-state index >= 15 is 0 Å². The number of hydrazine groups is 2. The average molecular weight is 354 g/mol. The number of anilines is 1. The minimum absolute atomic E-state index is 0.605. The third-order valence-corrected chi connectivity index (χ3v) is 4.39. The third-order valence-electron chi connectivity index (χ3n) is 4.16. The second-order valence-corrected chi connectivity index (χ2v) is 6.88. The number of rotatable bonds is 3. The van der Waals surface area contributed by atoms with Gasteiger partial charge in [0, 0.05) is 22.3 Å². The number of aliphatic imine (C=N–C) groups is 1. The highest BCUT2D eigenvalue weighted by molar-refractivity contribution is 6.31. The van der Waals surface area contributed by atoms with E-state index in [2.05, 4.69) is 38.8 Å². The number of nitrogens with zero attached hydrogens (tertiary/aromatic N) is 4. The minimum Gasteiger partial charge on any atom is -0.291 e. The molecule has 2 aliphatic rings. The molecule has 0 aliphatic carbocycles. The van der Waals surface area contributed by atoms with E-state index in [0.29, 0.717) is 11.6 Å². The maximum Gasteiger partial charge on any atom is 0.0870 e. The van der Waals surface area contributed by atoms with E-state index in [4.69, 9.17) is 16.6 Å². The summed E-state index contributed by atoms with van der Waals surface area (Å²) in [4.78, 5) is 7.01. The molecule has 0 amide bonds. The van der Waals surface area contributed by atoms with Crippen LogP contribution in [0.25, 0.3) is 0 Å². The molecule has 0 bridgehead atoms. The fourth-order valence-corrected chi connectivity index (χ4v) is 3.31. The van der Waals surface area contributed by atoms with Crippen LogP contribution < -0.4 is 10.5 Å². The molecule has 25 heavy (non-hydrogen) atoms. The summed E-state index contributed by atoms with van der Waals surface area (Å²) in [6, 6.07) is 16.2. The summed E-state index contributed by atoms with van der Waals surface area (Å²) < 4.78 is 0. The van der Waals surface area contributed by atoms with Gasteiger partial charge in [0.25, 0.3) is 0 Å². The average Bonchev–Trinajstić information content (AvgIpc) is 2.91. The van der Waals surface area contributed by atoms with Gasteiger partial charge in [-0.3, -0.25) is 19.9 Å². The van der Waals surface area contributed by atoms with E-state index in [1.165, 1.54) is 0 Å². The summed E-state index contributed by atoms with van der Waals surface area (Å²) in [5.41, 5.74) is 8.68. The highest BCUT2D eigenvalue weighted by Gasteiger charge is 2.28. The molecule has 0 fully saturated rings. The standard InChI is InChI=1S/C19H20ClN5/c1-23(2)13-24-12-16-11-21-19(14-6-4-3-5-7-14)17-10-15(20)8-9-18(17)25(16)22-24/h3-10,12,22H,11,13H2,1-2H3.